The zero-order valence-electron chi connectivity index (χ0n) is 19.7. The smallest absolute Gasteiger partial charge is 0.336 e. The molecule has 2 heterocycles. The monoisotopic (exact) mass is 463 g/mol. The molecule has 4 rings (SSSR count). The topological polar surface area (TPSA) is 88.2 Å². The first-order chi connectivity index (χ1) is 16.4. The maximum absolute atomic E-state index is 13.4. The van der Waals surface area contributed by atoms with Crippen molar-refractivity contribution < 1.29 is 23.9 Å². The van der Waals surface area contributed by atoms with Gasteiger partial charge in [-0.25, -0.2) is 9.69 Å². The van der Waals surface area contributed by atoms with E-state index >= 15 is 0 Å². The Kier molecular flexibility index (Phi) is 6.86. The summed E-state index contributed by atoms with van der Waals surface area (Å²) in [6.07, 6.45) is 3.90. The van der Waals surface area contributed by atoms with Crippen molar-refractivity contribution in [1.82, 2.24) is 5.32 Å². The molecule has 0 unspecified atom stereocenters. The lowest BCUT2D eigenvalue weighted by Gasteiger charge is -2.28. The van der Waals surface area contributed by atoms with Gasteiger partial charge in [0.05, 0.1) is 18.9 Å². The predicted molar refractivity (Wildman–Crippen MR) is 130 cm³/mol. The third-order valence-electron chi connectivity index (χ3n) is 5.91. The largest absolute Gasteiger partial charge is 0.494 e. The van der Waals surface area contributed by atoms with Gasteiger partial charge in [-0.1, -0.05) is 6.07 Å². The van der Waals surface area contributed by atoms with Crippen molar-refractivity contribution in [1.29, 1.82) is 0 Å². The number of aryl methyl sites for hydroxylation is 1. The zero-order chi connectivity index (χ0) is 24.2. The van der Waals surface area contributed by atoms with Crippen LogP contribution in [0.1, 0.15) is 37.8 Å². The molecule has 34 heavy (non-hydrogen) atoms. The maximum Gasteiger partial charge on any atom is 0.336 e. The fourth-order valence-corrected chi connectivity index (χ4v) is 4.23. The minimum atomic E-state index is -0.821. The van der Waals surface area contributed by atoms with E-state index in [1.807, 2.05) is 26.0 Å². The number of nitrogens with zero attached hydrogens (tertiary/aromatic N) is 2. The van der Waals surface area contributed by atoms with Crippen molar-refractivity contribution in [3.05, 3.63) is 53.1 Å². The average molecular weight is 464 g/mol. The molecule has 2 saturated heterocycles. The van der Waals surface area contributed by atoms with Crippen LogP contribution in [-0.2, 0) is 9.59 Å². The number of hydrogen-bond acceptors (Lipinski definition) is 6. The van der Waals surface area contributed by atoms with Gasteiger partial charge < -0.3 is 14.4 Å². The third kappa shape index (κ3) is 4.62. The summed E-state index contributed by atoms with van der Waals surface area (Å²) in [6, 6.07) is 10.0. The number of imide groups is 2. The van der Waals surface area contributed by atoms with E-state index in [1.165, 1.54) is 18.9 Å². The van der Waals surface area contributed by atoms with Gasteiger partial charge in [0.25, 0.3) is 11.8 Å². The minimum absolute atomic E-state index is 0.118. The molecule has 0 aliphatic carbocycles. The summed E-state index contributed by atoms with van der Waals surface area (Å²) < 4.78 is 11.2. The van der Waals surface area contributed by atoms with Crippen molar-refractivity contribution in [2.24, 2.45) is 0 Å². The SMILES string of the molecule is CCOc1ccc(N2C(=O)NC(=O)/C(=C\c3ccc(N4CCCC4)cc3C)C2=O)c(OCC)c1. The molecule has 2 aromatic carbocycles. The van der Waals surface area contributed by atoms with Gasteiger partial charge in [0.2, 0.25) is 0 Å². The number of benzene rings is 2. The number of anilines is 2. The summed E-state index contributed by atoms with van der Waals surface area (Å²) in [5, 5.41) is 2.28. The number of nitrogens with one attached hydrogen (secondary N) is 1. The molecular formula is C26H29N3O5. The summed E-state index contributed by atoms with van der Waals surface area (Å²) in [4.78, 5) is 42.0. The number of ether oxygens (including phenoxy) is 2. The van der Waals surface area contributed by atoms with E-state index in [0.29, 0.717) is 24.7 Å². The highest BCUT2D eigenvalue weighted by Crippen LogP contribution is 2.35. The summed E-state index contributed by atoms with van der Waals surface area (Å²) in [7, 11) is 0. The van der Waals surface area contributed by atoms with Crippen LogP contribution in [0.15, 0.2) is 42.0 Å². The number of carbonyl (C=O) groups is 3. The lowest BCUT2D eigenvalue weighted by molar-refractivity contribution is -0.122. The Morgan fingerprint density at radius 2 is 1.71 bits per heavy atom. The molecule has 8 heteroatoms. The van der Waals surface area contributed by atoms with Crippen LogP contribution < -0.4 is 24.6 Å². The molecule has 2 aliphatic heterocycles. The molecule has 178 valence electrons. The second-order valence-electron chi connectivity index (χ2n) is 8.19. The van der Waals surface area contributed by atoms with Crippen molar-refractivity contribution in [2.75, 3.05) is 36.1 Å². The van der Waals surface area contributed by atoms with Crippen molar-refractivity contribution >= 4 is 35.3 Å². The van der Waals surface area contributed by atoms with Gasteiger partial charge in [-0.2, -0.15) is 0 Å². The zero-order valence-corrected chi connectivity index (χ0v) is 19.7. The van der Waals surface area contributed by atoms with Gasteiger partial charge in [-0.3, -0.25) is 14.9 Å². The van der Waals surface area contributed by atoms with Gasteiger partial charge in [0.1, 0.15) is 17.1 Å². The van der Waals surface area contributed by atoms with E-state index in [4.69, 9.17) is 9.47 Å². The molecule has 0 bridgehead atoms. The molecule has 0 spiro atoms. The molecule has 2 aromatic rings. The van der Waals surface area contributed by atoms with Crippen molar-refractivity contribution in [3.63, 3.8) is 0 Å². The first-order valence-corrected chi connectivity index (χ1v) is 11.6. The molecular weight excluding hydrogens is 434 g/mol. The lowest BCUT2D eigenvalue weighted by Crippen LogP contribution is -2.54. The van der Waals surface area contributed by atoms with Crippen LogP contribution in [0, 0.1) is 6.92 Å². The summed E-state index contributed by atoms with van der Waals surface area (Å²) >= 11 is 0. The highest BCUT2D eigenvalue weighted by Gasteiger charge is 2.38. The number of urea groups is 1. The van der Waals surface area contributed by atoms with E-state index in [0.717, 1.165) is 34.8 Å². The number of carbonyl (C=O) groups excluding carboxylic acids is 3. The molecule has 2 aliphatic rings. The Morgan fingerprint density at radius 1 is 0.971 bits per heavy atom. The molecule has 0 radical (unpaired) electrons. The van der Waals surface area contributed by atoms with Crippen LogP contribution in [0.25, 0.3) is 6.08 Å². The number of hydrogen-bond donors (Lipinski definition) is 1. The van der Waals surface area contributed by atoms with Crippen LogP contribution in [-0.4, -0.2) is 44.1 Å². The Balaban J connectivity index is 1.68. The Bertz CT molecular complexity index is 1150. The minimum Gasteiger partial charge on any atom is -0.494 e. The molecule has 0 atom stereocenters. The number of amides is 4. The summed E-state index contributed by atoms with van der Waals surface area (Å²) in [5.41, 5.74) is 2.94. The maximum atomic E-state index is 13.4. The van der Waals surface area contributed by atoms with E-state index in [-0.39, 0.29) is 11.3 Å². The lowest BCUT2D eigenvalue weighted by atomic mass is 10.0. The molecule has 1 N–H and O–H groups in total. The standard InChI is InChI=1S/C26H29N3O5/c1-4-33-20-10-11-22(23(16-20)34-5-2)29-25(31)21(24(30)27-26(29)32)15-18-8-9-19(14-17(18)3)28-12-6-7-13-28/h8-11,14-16H,4-7,12-13H2,1-3H3,(H,27,30,32)/b21-15+. The Hall–Kier alpha value is -3.81. The van der Waals surface area contributed by atoms with Gasteiger partial charge in [-0.05, 0) is 75.1 Å². The Labute approximate surface area is 199 Å². The highest BCUT2D eigenvalue weighted by atomic mass is 16.5. The van der Waals surface area contributed by atoms with E-state index in [1.54, 1.807) is 25.1 Å². The molecule has 2 fully saturated rings. The van der Waals surface area contributed by atoms with Gasteiger partial charge in [0, 0.05) is 24.8 Å². The van der Waals surface area contributed by atoms with Crippen LogP contribution in [0.3, 0.4) is 0 Å². The fraction of sp³-hybridized carbons (Fsp3) is 0.346. The summed E-state index contributed by atoms with van der Waals surface area (Å²) in [5.74, 6) is -0.558. The number of barbiturate groups is 1. The molecule has 8 nitrogen and oxygen atoms in total. The van der Waals surface area contributed by atoms with Gasteiger partial charge in [-0.15, -0.1) is 0 Å². The van der Waals surface area contributed by atoms with Crippen LogP contribution in [0.5, 0.6) is 11.5 Å². The second kappa shape index (κ2) is 9.99. The van der Waals surface area contributed by atoms with Crippen LogP contribution in [0.2, 0.25) is 0 Å². The highest BCUT2D eigenvalue weighted by molar-refractivity contribution is 6.39. The molecule has 4 amide bonds. The van der Waals surface area contributed by atoms with E-state index in [9.17, 15) is 14.4 Å². The third-order valence-corrected chi connectivity index (χ3v) is 5.91. The number of rotatable bonds is 7. The van der Waals surface area contributed by atoms with Gasteiger partial charge in [0.15, 0.2) is 0 Å². The predicted octanol–water partition coefficient (Wildman–Crippen LogP) is 4.06. The summed E-state index contributed by atoms with van der Waals surface area (Å²) in [6.45, 7) is 8.46. The first-order valence-electron chi connectivity index (χ1n) is 11.6. The van der Waals surface area contributed by atoms with Crippen molar-refractivity contribution in [3.8, 4) is 11.5 Å². The quantitative estimate of drug-likeness (QED) is 0.492. The van der Waals surface area contributed by atoms with Crippen LogP contribution in [0.4, 0.5) is 16.2 Å². The van der Waals surface area contributed by atoms with E-state index in [2.05, 4.69) is 16.3 Å². The van der Waals surface area contributed by atoms with Gasteiger partial charge >= 0.3 is 6.03 Å². The van der Waals surface area contributed by atoms with Crippen LogP contribution >= 0.6 is 0 Å². The second-order valence-corrected chi connectivity index (χ2v) is 8.19. The fourth-order valence-electron chi connectivity index (χ4n) is 4.23. The molecule has 0 aromatic heterocycles. The Morgan fingerprint density at radius 3 is 2.38 bits per heavy atom. The average Bonchev–Trinajstić information content (AvgIpc) is 3.34. The molecule has 0 saturated carbocycles. The van der Waals surface area contributed by atoms with E-state index < -0.39 is 17.8 Å². The normalized spacial score (nSPS) is 17.4. The van der Waals surface area contributed by atoms with Crippen molar-refractivity contribution in [2.45, 2.75) is 33.6 Å². The first kappa shape index (κ1) is 23.4.